The fraction of sp³-hybridized carbons (Fsp3) is 0.478. The number of nitrogens with one attached hydrogen (secondary N) is 1. The smallest absolute Gasteiger partial charge is 0.317 e. The van der Waals surface area contributed by atoms with Crippen LogP contribution in [0.5, 0.6) is 0 Å². The normalized spacial score (nSPS) is 15.0. The summed E-state index contributed by atoms with van der Waals surface area (Å²) < 4.78 is 1.88. The first-order chi connectivity index (χ1) is 14.9. The van der Waals surface area contributed by atoms with Crippen LogP contribution in [0.25, 0.3) is 16.7 Å². The molecule has 0 saturated carbocycles. The minimum Gasteiger partial charge on any atom is -0.354 e. The van der Waals surface area contributed by atoms with Crippen LogP contribution < -0.4 is 10.2 Å². The summed E-state index contributed by atoms with van der Waals surface area (Å²) in [6.07, 6.45) is 2.75. The molecule has 31 heavy (non-hydrogen) atoms. The molecule has 8 heteroatoms. The Morgan fingerprint density at radius 1 is 1.00 bits per heavy atom. The molecule has 8 nitrogen and oxygen atoms in total. The second-order valence-corrected chi connectivity index (χ2v) is 8.62. The topological polar surface area (TPSA) is 79.2 Å². The zero-order chi connectivity index (χ0) is 22.0. The first-order valence-electron chi connectivity index (χ1n) is 11.1. The molecule has 1 aliphatic rings. The van der Waals surface area contributed by atoms with E-state index in [9.17, 15) is 4.79 Å². The third kappa shape index (κ3) is 4.47. The number of urea groups is 1. The molecule has 3 aromatic rings. The van der Waals surface area contributed by atoms with Crippen LogP contribution in [0, 0.1) is 0 Å². The molecule has 3 heterocycles. The molecule has 0 aliphatic carbocycles. The minimum absolute atomic E-state index is 0.00412. The Kier molecular flexibility index (Phi) is 6.06. The largest absolute Gasteiger partial charge is 0.354 e. The van der Waals surface area contributed by atoms with E-state index in [1.54, 1.807) is 0 Å². The van der Waals surface area contributed by atoms with Gasteiger partial charge >= 0.3 is 6.03 Å². The van der Waals surface area contributed by atoms with E-state index in [4.69, 9.17) is 9.97 Å². The van der Waals surface area contributed by atoms with Crippen LogP contribution in [-0.2, 0) is 0 Å². The molecule has 2 aromatic heterocycles. The van der Waals surface area contributed by atoms with E-state index in [2.05, 4.69) is 29.2 Å². The van der Waals surface area contributed by atoms with Gasteiger partial charge in [-0.05, 0) is 32.4 Å². The average Bonchev–Trinajstić information content (AvgIpc) is 3.02. The highest BCUT2D eigenvalue weighted by atomic mass is 16.2. The zero-order valence-corrected chi connectivity index (χ0v) is 18.7. The van der Waals surface area contributed by atoms with Crippen molar-refractivity contribution in [2.45, 2.75) is 46.1 Å². The Morgan fingerprint density at radius 3 is 2.48 bits per heavy atom. The van der Waals surface area contributed by atoms with E-state index in [0.29, 0.717) is 6.54 Å². The highest BCUT2D eigenvalue weighted by Gasteiger charge is 2.24. The van der Waals surface area contributed by atoms with Crippen LogP contribution in [0.2, 0.25) is 0 Å². The second-order valence-electron chi connectivity index (χ2n) is 8.62. The van der Waals surface area contributed by atoms with Crippen molar-refractivity contribution in [2.75, 3.05) is 31.1 Å². The first kappa shape index (κ1) is 21.1. The number of rotatable bonds is 4. The summed E-state index contributed by atoms with van der Waals surface area (Å²) in [6, 6.07) is 10.2. The highest BCUT2D eigenvalue weighted by molar-refractivity contribution is 5.88. The van der Waals surface area contributed by atoms with Crippen molar-refractivity contribution >= 4 is 22.9 Å². The van der Waals surface area contributed by atoms with Crippen LogP contribution in [0.4, 0.5) is 10.6 Å². The van der Waals surface area contributed by atoms with Gasteiger partial charge in [0.15, 0.2) is 5.65 Å². The summed E-state index contributed by atoms with van der Waals surface area (Å²) in [5.74, 6) is 1.91. The van der Waals surface area contributed by atoms with Crippen LogP contribution in [0.1, 0.15) is 45.9 Å². The summed E-state index contributed by atoms with van der Waals surface area (Å²) in [6.45, 7) is 11.1. The molecule has 1 fully saturated rings. The molecule has 1 N–H and O–H groups in total. The van der Waals surface area contributed by atoms with E-state index in [-0.39, 0.29) is 18.0 Å². The summed E-state index contributed by atoms with van der Waals surface area (Å²) in [4.78, 5) is 26.4. The maximum Gasteiger partial charge on any atom is 0.317 e. The minimum atomic E-state index is 0.00412. The van der Waals surface area contributed by atoms with Crippen molar-refractivity contribution in [3.63, 3.8) is 0 Å². The fourth-order valence-electron chi connectivity index (χ4n) is 3.84. The second kappa shape index (κ2) is 8.91. The molecular weight excluding hydrogens is 390 g/mol. The fourth-order valence-corrected chi connectivity index (χ4v) is 3.84. The summed E-state index contributed by atoms with van der Waals surface area (Å²) >= 11 is 0. The molecule has 1 aliphatic heterocycles. The Labute approximate surface area is 183 Å². The van der Waals surface area contributed by atoms with Crippen LogP contribution >= 0.6 is 0 Å². The summed E-state index contributed by atoms with van der Waals surface area (Å²) in [5, 5.41) is 8.57. The lowest BCUT2D eigenvalue weighted by Crippen LogP contribution is -2.44. The van der Waals surface area contributed by atoms with Gasteiger partial charge in [-0.25, -0.2) is 19.4 Å². The van der Waals surface area contributed by atoms with Crippen molar-refractivity contribution < 1.29 is 4.79 Å². The third-order valence-corrected chi connectivity index (χ3v) is 5.44. The number of carbonyl (C=O) groups is 1. The lowest BCUT2D eigenvalue weighted by Gasteiger charge is -2.24. The van der Waals surface area contributed by atoms with E-state index < -0.39 is 0 Å². The average molecular weight is 422 g/mol. The Balaban J connectivity index is 1.69. The van der Waals surface area contributed by atoms with Gasteiger partial charge in [-0.1, -0.05) is 32.0 Å². The molecule has 1 saturated heterocycles. The van der Waals surface area contributed by atoms with Crippen LogP contribution in [0.15, 0.2) is 36.5 Å². The van der Waals surface area contributed by atoms with Crippen molar-refractivity contribution in [3.05, 3.63) is 42.4 Å². The van der Waals surface area contributed by atoms with Gasteiger partial charge in [0, 0.05) is 38.1 Å². The van der Waals surface area contributed by atoms with E-state index >= 15 is 0 Å². The number of fused-ring (bicyclic) bond motifs is 1. The van der Waals surface area contributed by atoms with E-state index in [1.165, 1.54) is 0 Å². The van der Waals surface area contributed by atoms with Gasteiger partial charge in [0.2, 0.25) is 0 Å². The predicted octanol–water partition coefficient (Wildman–Crippen LogP) is 3.57. The lowest BCUT2D eigenvalue weighted by molar-refractivity contribution is 0.199. The molecule has 164 valence electrons. The SMILES string of the molecule is CC(C)NC(=O)N1CCCN(c2nc(C(C)C)nc3c2cnn3-c2ccccc2)CC1. The Bertz CT molecular complexity index is 1040. The number of nitrogens with zero attached hydrogens (tertiary/aromatic N) is 6. The number of aromatic nitrogens is 4. The number of benzene rings is 1. The summed E-state index contributed by atoms with van der Waals surface area (Å²) in [7, 11) is 0. The number of amides is 2. The first-order valence-corrected chi connectivity index (χ1v) is 11.1. The molecule has 0 spiro atoms. The monoisotopic (exact) mass is 421 g/mol. The Hall–Kier alpha value is -3.16. The standard InChI is InChI=1S/C23H31N7O/c1-16(2)20-26-21(28-11-8-12-29(14-13-28)23(31)25-17(3)4)19-15-24-30(22(19)27-20)18-9-6-5-7-10-18/h5-7,9-10,15-17H,8,11-14H2,1-4H3,(H,25,31). The maximum absolute atomic E-state index is 12.5. The molecular formula is C23H31N7O. The van der Waals surface area contributed by atoms with Gasteiger partial charge in [0.25, 0.3) is 0 Å². The van der Waals surface area contributed by atoms with Crippen molar-refractivity contribution in [3.8, 4) is 5.69 Å². The van der Waals surface area contributed by atoms with Gasteiger partial charge in [-0.3, -0.25) is 0 Å². The molecule has 0 unspecified atom stereocenters. The number of hydrogen-bond donors (Lipinski definition) is 1. The van der Waals surface area contributed by atoms with Crippen molar-refractivity contribution in [1.29, 1.82) is 0 Å². The number of para-hydroxylation sites is 1. The molecule has 0 bridgehead atoms. The van der Waals surface area contributed by atoms with Gasteiger partial charge in [-0.2, -0.15) is 5.10 Å². The number of anilines is 1. The maximum atomic E-state index is 12.5. The number of carbonyl (C=O) groups excluding carboxylic acids is 1. The quantitative estimate of drug-likeness (QED) is 0.697. The van der Waals surface area contributed by atoms with E-state index in [1.807, 2.05) is 60.0 Å². The van der Waals surface area contributed by atoms with Crippen LogP contribution in [-0.4, -0.2) is 62.9 Å². The van der Waals surface area contributed by atoms with Gasteiger partial charge in [0.1, 0.15) is 11.6 Å². The van der Waals surface area contributed by atoms with Gasteiger partial charge < -0.3 is 15.1 Å². The van der Waals surface area contributed by atoms with Gasteiger partial charge in [-0.15, -0.1) is 0 Å². The van der Waals surface area contributed by atoms with Crippen molar-refractivity contribution in [2.24, 2.45) is 0 Å². The van der Waals surface area contributed by atoms with Gasteiger partial charge in [0.05, 0.1) is 17.3 Å². The Morgan fingerprint density at radius 2 is 1.77 bits per heavy atom. The third-order valence-electron chi connectivity index (χ3n) is 5.44. The zero-order valence-electron chi connectivity index (χ0n) is 18.7. The van der Waals surface area contributed by atoms with Crippen LogP contribution in [0.3, 0.4) is 0 Å². The molecule has 0 atom stereocenters. The molecule has 0 radical (unpaired) electrons. The molecule has 2 amide bonds. The van der Waals surface area contributed by atoms with Crippen molar-refractivity contribution in [1.82, 2.24) is 30.0 Å². The molecule has 4 rings (SSSR count). The number of hydrogen-bond acceptors (Lipinski definition) is 5. The summed E-state index contributed by atoms with van der Waals surface area (Å²) in [5.41, 5.74) is 1.79. The van der Waals surface area contributed by atoms with E-state index in [0.717, 1.165) is 54.4 Å². The lowest BCUT2D eigenvalue weighted by atomic mass is 10.2. The predicted molar refractivity (Wildman–Crippen MR) is 123 cm³/mol. The molecule has 1 aromatic carbocycles. The highest BCUT2D eigenvalue weighted by Crippen LogP contribution is 2.28.